The predicted octanol–water partition coefficient (Wildman–Crippen LogP) is 3.20. The van der Waals surface area contributed by atoms with E-state index in [9.17, 15) is 0 Å². The van der Waals surface area contributed by atoms with Crippen molar-refractivity contribution >= 4 is 5.69 Å². The third kappa shape index (κ3) is 3.86. The molecule has 1 rings (SSSR count). The molecule has 0 aliphatic rings. The van der Waals surface area contributed by atoms with Crippen molar-refractivity contribution in [3.05, 3.63) is 29.3 Å². The van der Waals surface area contributed by atoms with Crippen molar-refractivity contribution in [2.45, 2.75) is 40.2 Å². The van der Waals surface area contributed by atoms with Crippen LogP contribution in [0.4, 0.5) is 5.69 Å². The summed E-state index contributed by atoms with van der Waals surface area (Å²) in [5.41, 5.74) is 9.26. The smallest absolute Gasteiger partial charge is 0.0343 e. The van der Waals surface area contributed by atoms with Crippen LogP contribution in [0, 0.1) is 6.92 Å². The Morgan fingerprint density at radius 2 is 2.00 bits per heavy atom. The fraction of sp³-hybridized carbons (Fsp3) is 0.571. The van der Waals surface area contributed by atoms with Crippen LogP contribution in [-0.2, 0) is 6.54 Å². The summed E-state index contributed by atoms with van der Waals surface area (Å²) in [6, 6.07) is 6.35. The Kier molecular flexibility index (Phi) is 5.33. The summed E-state index contributed by atoms with van der Waals surface area (Å²) in [5.74, 6) is 0. The molecule has 0 heterocycles. The Morgan fingerprint density at radius 3 is 2.56 bits per heavy atom. The molecule has 0 aliphatic carbocycles. The van der Waals surface area contributed by atoms with Crippen LogP contribution in [0.5, 0.6) is 0 Å². The van der Waals surface area contributed by atoms with E-state index in [1.54, 1.807) is 0 Å². The number of nitrogens with two attached hydrogens (primary N) is 1. The zero-order valence-corrected chi connectivity index (χ0v) is 10.8. The number of unbranched alkanes of at least 4 members (excludes halogenated alkanes) is 1. The molecule has 90 valence electrons. The zero-order chi connectivity index (χ0) is 12.0. The Hall–Kier alpha value is -1.02. The summed E-state index contributed by atoms with van der Waals surface area (Å²) >= 11 is 0. The van der Waals surface area contributed by atoms with Gasteiger partial charge in [0.15, 0.2) is 0 Å². The predicted molar refractivity (Wildman–Crippen MR) is 71.5 cm³/mol. The first-order chi connectivity index (χ1) is 7.67. The second kappa shape index (κ2) is 6.54. The van der Waals surface area contributed by atoms with E-state index in [2.05, 4.69) is 37.8 Å². The standard InChI is InChI=1S/C14H24N2/c1-4-6-9-16(5-2)11-13-7-8-14(15)12(3)10-13/h7-8,10H,4-6,9,11,15H2,1-3H3. The van der Waals surface area contributed by atoms with Crippen LogP contribution in [0.25, 0.3) is 0 Å². The van der Waals surface area contributed by atoms with E-state index in [0.717, 1.165) is 18.8 Å². The van der Waals surface area contributed by atoms with Gasteiger partial charge in [0, 0.05) is 12.2 Å². The third-order valence-electron chi connectivity index (χ3n) is 3.02. The molecule has 16 heavy (non-hydrogen) atoms. The molecule has 0 aliphatic heterocycles. The minimum atomic E-state index is 0.889. The molecule has 0 saturated heterocycles. The van der Waals surface area contributed by atoms with Gasteiger partial charge in [-0.1, -0.05) is 32.4 Å². The molecule has 0 spiro atoms. The lowest BCUT2D eigenvalue weighted by Gasteiger charge is -2.20. The van der Waals surface area contributed by atoms with E-state index in [0.29, 0.717) is 0 Å². The van der Waals surface area contributed by atoms with Crippen molar-refractivity contribution in [2.75, 3.05) is 18.8 Å². The van der Waals surface area contributed by atoms with Crippen LogP contribution < -0.4 is 5.73 Å². The van der Waals surface area contributed by atoms with Crippen LogP contribution in [0.15, 0.2) is 18.2 Å². The summed E-state index contributed by atoms with van der Waals surface area (Å²) < 4.78 is 0. The minimum Gasteiger partial charge on any atom is -0.399 e. The lowest BCUT2D eigenvalue weighted by molar-refractivity contribution is 0.275. The van der Waals surface area contributed by atoms with E-state index in [4.69, 9.17) is 5.73 Å². The molecule has 0 radical (unpaired) electrons. The van der Waals surface area contributed by atoms with Gasteiger partial charge in [0.1, 0.15) is 0 Å². The summed E-state index contributed by atoms with van der Waals surface area (Å²) in [6.07, 6.45) is 2.54. The SMILES string of the molecule is CCCCN(CC)Cc1ccc(N)c(C)c1. The van der Waals surface area contributed by atoms with Gasteiger partial charge in [0.25, 0.3) is 0 Å². The van der Waals surface area contributed by atoms with E-state index in [-0.39, 0.29) is 0 Å². The van der Waals surface area contributed by atoms with E-state index >= 15 is 0 Å². The minimum absolute atomic E-state index is 0.889. The van der Waals surface area contributed by atoms with E-state index in [1.807, 2.05) is 6.07 Å². The van der Waals surface area contributed by atoms with E-state index in [1.165, 1.54) is 30.5 Å². The fourth-order valence-corrected chi connectivity index (χ4v) is 1.83. The van der Waals surface area contributed by atoms with Crippen molar-refractivity contribution in [1.82, 2.24) is 4.90 Å². The van der Waals surface area contributed by atoms with Gasteiger partial charge in [0.05, 0.1) is 0 Å². The molecule has 0 atom stereocenters. The maximum absolute atomic E-state index is 5.82. The average Bonchev–Trinajstić information content (AvgIpc) is 2.29. The van der Waals surface area contributed by atoms with Gasteiger partial charge < -0.3 is 5.73 Å². The van der Waals surface area contributed by atoms with Gasteiger partial charge in [-0.05, 0) is 43.6 Å². The normalized spacial score (nSPS) is 11.0. The quantitative estimate of drug-likeness (QED) is 0.746. The highest BCUT2D eigenvalue weighted by Gasteiger charge is 2.04. The van der Waals surface area contributed by atoms with Crippen molar-refractivity contribution in [2.24, 2.45) is 0 Å². The molecule has 0 aromatic heterocycles. The number of benzene rings is 1. The number of aryl methyl sites for hydroxylation is 1. The van der Waals surface area contributed by atoms with E-state index < -0.39 is 0 Å². The first-order valence-corrected chi connectivity index (χ1v) is 6.24. The lowest BCUT2D eigenvalue weighted by Crippen LogP contribution is -2.23. The van der Waals surface area contributed by atoms with Gasteiger partial charge in [-0.2, -0.15) is 0 Å². The Labute approximate surface area is 99.5 Å². The molecule has 1 aromatic carbocycles. The highest BCUT2D eigenvalue weighted by molar-refractivity contribution is 5.47. The number of anilines is 1. The fourth-order valence-electron chi connectivity index (χ4n) is 1.83. The molecular formula is C14H24N2. The van der Waals surface area contributed by atoms with Crippen LogP contribution in [0.1, 0.15) is 37.8 Å². The van der Waals surface area contributed by atoms with Gasteiger partial charge >= 0.3 is 0 Å². The number of rotatable bonds is 6. The van der Waals surface area contributed by atoms with Gasteiger partial charge in [-0.3, -0.25) is 4.90 Å². The molecule has 2 N–H and O–H groups in total. The molecule has 0 saturated carbocycles. The molecule has 2 heteroatoms. The second-order valence-electron chi connectivity index (χ2n) is 4.41. The maximum Gasteiger partial charge on any atom is 0.0343 e. The van der Waals surface area contributed by atoms with Crippen LogP contribution >= 0.6 is 0 Å². The zero-order valence-electron chi connectivity index (χ0n) is 10.8. The largest absolute Gasteiger partial charge is 0.399 e. The average molecular weight is 220 g/mol. The van der Waals surface area contributed by atoms with Crippen LogP contribution in [-0.4, -0.2) is 18.0 Å². The molecule has 0 unspecified atom stereocenters. The molecular weight excluding hydrogens is 196 g/mol. The number of hydrogen-bond donors (Lipinski definition) is 1. The van der Waals surface area contributed by atoms with Gasteiger partial charge in [-0.25, -0.2) is 0 Å². The van der Waals surface area contributed by atoms with Crippen molar-refractivity contribution < 1.29 is 0 Å². The summed E-state index contributed by atoms with van der Waals surface area (Å²) in [7, 11) is 0. The highest BCUT2D eigenvalue weighted by Crippen LogP contribution is 2.14. The number of nitrogens with zero attached hydrogens (tertiary/aromatic N) is 1. The Bertz CT molecular complexity index is 321. The molecule has 0 bridgehead atoms. The summed E-state index contributed by atoms with van der Waals surface area (Å²) in [4.78, 5) is 2.48. The first-order valence-electron chi connectivity index (χ1n) is 6.24. The Morgan fingerprint density at radius 1 is 1.25 bits per heavy atom. The maximum atomic E-state index is 5.82. The van der Waals surface area contributed by atoms with Crippen molar-refractivity contribution in [3.8, 4) is 0 Å². The summed E-state index contributed by atoms with van der Waals surface area (Å²) in [6.45, 7) is 9.87. The molecule has 0 fully saturated rings. The Balaban J connectivity index is 2.59. The van der Waals surface area contributed by atoms with Gasteiger partial charge in [0.2, 0.25) is 0 Å². The first kappa shape index (κ1) is 13.0. The number of hydrogen-bond acceptors (Lipinski definition) is 2. The second-order valence-corrected chi connectivity index (χ2v) is 4.41. The topological polar surface area (TPSA) is 29.3 Å². The number of nitrogen functional groups attached to an aromatic ring is 1. The highest BCUT2D eigenvalue weighted by atomic mass is 15.1. The van der Waals surface area contributed by atoms with Gasteiger partial charge in [-0.15, -0.1) is 0 Å². The van der Waals surface area contributed by atoms with Crippen LogP contribution in [0.2, 0.25) is 0 Å². The van der Waals surface area contributed by atoms with Crippen LogP contribution in [0.3, 0.4) is 0 Å². The van der Waals surface area contributed by atoms with Crippen molar-refractivity contribution in [1.29, 1.82) is 0 Å². The third-order valence-corrected chi connectivity index (χ3v) is 3.02. The molecule has 1 aromatic rings. The summed E-state index contributed by atoms with van der Waals surface area (Å²) in [5, 5.41) is 0. The lowest BCUT2D eigenvalue weighted by atomic mass is 10.1. The van der Waals surface area contributed by atoms with Crippen molar-refractivity contribution in [3.63, 3.8) is 0 Å². The monoisotopic (exact) mass is 220 g/mol. The molecule has 2 nitrogen and oxygen atoms in total. The molecule has 0 amide bonds.